The fourth-order valence-corrected chi connectivity index (χ4v) is 2.30. The number of hydrogen-bond donors (Lipinski definition) is 3. The van der Waals surface area contributed by atoms with Crippen molar-refractivity contribution in [2.24, 2.45) is 0 Å². The fraction of sp³-hybridized carbons (Fsp3) is 0.615. The summed E-state index contributed by atoms with van der Waals surface area (Å²) in [6, 6.07) is 0. The summed E-state index contributed by atoms with van der Waals surface area (Å²) in [5, 5.41) is 18.5. The number of H-pyrrole nitrogens is 1. The highest BCUT2D eigenvalue weighted by Gasteiger charge is 2.31. The van der Waals surface area contributed by atoms with Gasteiger partial charge in [-0.1, -0.05) is 0 Å². The van der Waals surface area contributed by atoms with Gasteiger partial charge in [-0.25, -0.2) is 4.79 Å². The molecule has 1 aromatic rings. The van der Waals surface area contributed by atoms with Crippen molar-refractivity contribution in [3.05, 3.63) is 11.3 Å². The lowest BCUT2D eigenvalue weighted by molar-refractivity contribution is -0.139. The van der Waals surface area contributed by atoms with Gasteiger partial charge in [-0.3, -0.25) is 15.2 Å². The van der Waals surface area contributed by atoms with E-state index in [1.165, 1.54) is 0 Å². The highest BCUT2D eigenvalue weighted by Crippen LogP contribution is 2.34. The maximum absolute atomic E-state index is 11.7. The van der Waals surface area contributed by atoms with Gasteiger partial charge < -0.3 is 9.84 Å². The quantitative estimate of drug-likeness (QED) is 0.771. The summed E-state index contributed by atoms with van der Waals surface area (Å²) in [5.74, 6) is -1.10. The third-order valence-corrected chi connectivity index (χ3v) is 3.08. The predicted molar refractivity (Wildman–Crippen MR) is 71.8 cm³/mol. The molecule has 2 rings (SSSR count). The van der Waals surface area contributed by atoms with Gasteiger partial charge in [-0.15, -0.1) is 0 Å². The number of anilines is 1. The highest BCUT2D eigenvalue weighted by molar-refractivity contribution is 5.85. The summed E-state index contributed by atoms with van der Waals surface area (Å²) in [5.41, 5.74) is 0.744. The van der Waals surface area contributed by atoms with E-state index in [4.69, 9.17) is 9.84 Å². The Balaban J connectivity index is 2.15. The van der Waals surface area contributed by atoms with Gasteiger partial charge in [0.05, 0.1) is 11.6 Å². The fourth-order valence-electron chi connectivity index (χ4n) is 2.30. The topological polar surface area (TPSA) is 104 Å². The molecule has 1 atom stereocenters. The molecule has 0 fully saturated rings. The Labute approximate surface area is 116 Å². The van der Waals surface area contributed by atoms with Gasteiger partial charge in [0.1, 0.15) is 5.60 Å². The molecule has 1 unspecified atom stereocenters. The van der Waals surface area contributed by atoms with Crippen molar-refractivity contribution in [3.63, 3.8) is 0 Å². The summed E-state index contributed by atoms with van der Waals surface area (Å²) >= 11 is 0. The van der Waals surface area contributed by atoms with Crippen molar-refractivity contribution in [2.45, 2.75) is 51.6 Å². The van der Waals surface area contributed by atoms with Crippen LogP contribution in [0.1, 0.15) is 50.8 Å². The molecule has 3 N–H and O–H groups in total. The first kappa shape index (κ1) is 14.4. The minimum absolute atomic E-state index is 0.361. The number of aliphatic carboxylic acids is 1. The first-order valence-electron chi connectivity index (χ1n) is 6.58. The number of carboxylic acids is 1. The Morgan fingerprint density at radius 2 is 2.15 bits per heavy atom. The van der Waals surface area contributed by atoms with E-state index >= 15 is 0 Å². The molecule has 0 aromatic carbocycles. The van der Waals surface area contributed by atoms with Crippen molar-refractivity contribution >= 4 is 17.9 Å². The van der Waals surface area contributed by atoms with Crippen LogP contribution in [0.2, 0.25) is 0 Å². The predicted octanol–water partition coefficient (Wildman–Crippen LogP) is 2.26. The smallest absolute Gasteiger partial charge is 0.413 e. The average Bonchev–Trinajstić information content (AvgIpc) is 2.69. The Kier molecular flexibility index (Phi) is 3.69. The van der Waals surface area contributed by atoms with E-state index in [1.54, 1.807) is 20.8 Å². The molecule has 20 heavy (non-hydrogen) atoms. The van der Waals surface area contributed by atoms with Crippen LogP contribution in [0.15, 0.2) is 0 Å². The number of aromatic amines is 1. The molecular formula is C13H19N3O4. The van der Waals surface area contributed by atoms with Gasteiger partial charge in [0, 0.05) is 5.56 Å². The van der Waals surface area contributed by atoms with E-state index in [9.17, 15) is 9.59 Å². The molecule has 1 heterocycles. The maximum atomic E-state index is 11.7. The number of rotatable bonds is 2. The zero-order valence-electron chi connectivity index (χ0n) is 11.8. The Hall–Kier alpha value is -2.05. The molecule has 7 heteroatoms. The number of nitrogens with zero attached hydrogens (tertiary/aromatic N) is 1. The second-order valence-corrected chi connectivity index (χ2v) is 5.87. The van der Waals surface area contributed by atoms with E-state index in [1.807, 2.05) is 0 Å². The Morgan fingerprint density at radius 1 is 1.45 bits per heavy atom. The molecule has 1 amide bonds. The number of nitrogens with one attached hydrogen (secondary N) is 2. The molecular weight excluding hydrogens is 262 g/mol. The highest BCUT2D eigenvalue weighted by atomic mass is 16.6. The van der Waals surface area contributed by atoms with Crippen LogP contribution in [-0.4, -0.2) is 33.0 Å². The number of ether oxygens (including phenoxy) is 1. The summed E-state index contributed by atoms with van der Waals surface area (Å²) < 4.78 is 5.16. The molecule has 0 radical (unpaired) electrons. The first-order valence-corrected chi connectivity index (χ1v) is 6.58. The van der Waals surface area contributed by atoms with Gasteiger partial charge in [0.2, 0.25) is 0 Å². The second kappa shape index (κ2) is 5.15. The number of aromatic nitrogens is 2. The Bertz CT molecular complexity index is 530. The zero-order valence-corrected chi connectivity index (χ0v) is 11.8. The molecule has 1 aliphatic rings. The summed E-state index contributed by atoms with van der Waals surface area (Å²) in [6.07, 6.45) is 1.44. The largest absolute Gasteiger partial charge is 0.481 e. The van der Waals surface area contributed by atoms with Gasteiger partial charge in [0.15, 0.2) is 5.82 Å². The zero-order chi connectivity index (χ0) is 14.9. The van der Waals surface area contributed by atoms with Crippen molar-refractivity contribution in [1.29, 1.82) is 0 Å². The van der Waals surface area contributed by atoms with Crippen LogP contribution in [0.5, 0.6) is 0 Å². The van der Waals surface area contributed by atoms with Gasteiger partial charge >= 0.3 is 12.1 Å². The summed E-state index contributed by atoms with van der Waals surface area (Å²) in [6.45, 7) is 5.31. The van der Waals surface area contributed by atoms with Crippen LogP contribution in [0, 0.1) is 0 Å². The molecule has 1 aromatic heterocycles. The number of carbonyl (C=O) groups excluding carboxylic acids is 1. The second-order valence-electron chi connectivity index (χ2n) is 5.87. The maximum Gasteiger partial charge on any atom is 0.413 e. The van der Waals surface area contributed by atoms with Crippen molar-refractivity contribution in [1.82, 2.24) is 10.2 Å². The molecule has 0 bridgehead atoms. The number of amides is 1. The van der Waals surface area contributed by atoms with Crippen LogP contribution in [0.4, 0.5) is 10.6 Å². The number of carbonyl (C=O) groups is 2. The van der Waals surface area contributed by atoms with Gasteiger partial charge in [-0.2, -0.15) is 5.10 Å². The first-order chi connectivity index (χ1) is 9.28. The third kappa shape index (κ3) is 3.09. The molecule has 0 aliphatic heterocycles. The van der Waals surface area contributed by atoms with Crippen LogP contribution in [0.25, 0.3) is 0 Å². The number of fused-ring (bicyclic) bond motifs is 1. The van der Waals surface area contributed by atoms with Crippen LogP contribution in [0.3, 0.4) is 0 Å². The molecule has 110 valence electrons. The monoisotopic (exact) mass is 281 g/mol. The van der Waals surface area contributed by atoms with Crippen LogP contribution in [-0.2, 0) is 16.0 Å². The van der Waals surface area contributed by atoms with E-state index in [2.05, 4.69) is 15.5 Å². The van der Waals surface area contributed by atoms with E-state index < -0.39 is 23.6 Å². The normalized spacial score (nSPS) is 18.2. The SMILES string of the molecule is CC(C)(C)OC(=O)Nc1n[nH]c2c1CCCC2C(=O)O. The molecule has 1 aliphatic carbocycles. The molecule has 0 saturated heterocycles. The van der Waals surface area contributed by atoms with Gasteiger partial charge in [-0.05, 0) is 40.0 Å². The number of hydrogen-bond acceptors (Lipinski definition) is 4. The van der Waals surface area contributed by atoms with Crippen molar-refractivity contribution in [3.8, 4) is 0 Å². The Morgan fingerprint density at radius 3 is 2.75 bits per heavy atom. The lowest BCUT2D eigenvalue weighted by atomic mass is 9.87. The van der Waals surface area contributed by atoms with Crippen molar-refractivity contribution in [2.75, 3.05) is 5.32 Å². The summed E-state index contributed by atoms with van der Waals surface area (Å²) in [7, 11) is 0. The molecule has 0 spiro atoms. The van der Waals surface area contributed by atoms with E-state index in [0.29, 0.717) is 24.4 Å². The standard InChI is InChI=1S/C13H19N3O4/c1-13(2,3)20-12(19)14-10-7-5-4-6-8(11(17)18)9(7)15-16-10/h8H,4-6H2,1-3H3,(H,17,18)(H2,14,15,16,19). The molecule has 7 nitrogen and oxygen atoms in total. The van der Waals surface area contributed by atoms with Crippen molar-refractivity contribution < 1.29 is 19.4 Å². The lowest BCUT2D eigenvalue weighted by Crippen LogP contribution is -2.27. The van der Waals surface area contributed by atoms with E-state index in [-0.39, 0.29) is 0 Å². The molecule has 0 saturated carbocycles. The third-order valence-electron chi connectivity index (χ3n) is 3.08. The minimum Gasteiger partial charge on any atom is -0.481 e. The van der Waals surface area contributed by atoms with Gasteiger partial charge in [0.25, 0.3) is 0 Å². The van der Waals surface area contributed by atoms with E-state index in [0.717, 1.165) is 12.0 Å². The lowest BCUT2D eigenvalue weighted by Gasteiger charge is -2.20. The average molecular weight is 281 g/mol. The van der Waals surface area contributed by atoms with Crippen LogP contribution >= 0.6 is 0 Å². The minimum atomic E-state index is -0.876. The number of carboxylic acid groups (broad SMARTS) is 1. The van der Waals surface area contributed by atoms with Crippen LogP contribution < -0.4 is 5.32 Å². The summed E-state index contributed by atoms with van der Waals surface area (Å²) in [4.78, 5) is 22.9.